The van der Waals surface area contributed by atoms with Crippen molar-refractivity contribution >= 4 is 25.6 Å². The number of ether oxygens (including phenoxy) is 1. The molecule has 8 heteroatoms. The highest BCUT2D eigenvalue weighted by Crippen LogP contribution is 2.27. The molecule has 1 amide bonds. The van der Waals surface area contributed by atoms with Crippen LogP contribution in [-0.2, 0) is 13.8 Å². The molecule has 0 saturated carbocycles. The van der Waals surface area contributed by atoms with Gasteiger partial charge in [-0.05, 0) is 25.1 Å². The molecule has 1 aromatic rings. The van der Waals surface area contributed by atoms with E-state index in [1.54, 1.807) is 6.92 Å². The van der Waals surface area contributed by atoms with Crippen molar-refractivity contribution < 1.29 is 22.3 Å². The van der Waals surface area contributed by atoms with Crippen LogP contribution in [0.1, 0.15) is 13.3 Å². The first-order valence-electron chi connectivity index (χ1n) is 5.48. The Balaban J connectivity index is 2.76. The SMILES string of the molecule is CCNC(=O)CCOc1ccc(F)cc1S(=O)(=O)Cl. The third-order valence-corrected chi connectivity index (χ3v) is 3.47. The Morgan fingerprint density at radius 2 is 2.16 bits per heavy atom. The predicted molar refractivity (Wildman–Crippen MR) is 68.2 cm³/mol. The maximum atomic E-state index is 13.0. The summed E-state index contributed by atoms with van der Waals surface area (Å²) in [5.74, 6) is -1.05. The second-order valence-electron chi connectivity index (χ2n) is 3.58. The highest BCUT2D eigenvalue weighted by molar-refractivity contribution is 8.13. The summed E-state index contributed by atoms with van der Waals surface area (Å²) in [5, 5.41) is 2.56. The maximum Gasteiger partial charge on any atom is 0.265 e. The first kappa shape index (κ1) is 15.7. The molecule has 19 heavy (non-hydrogen) atoms. The van der Waals surface area contributed by atoms with Crippen LogP contribution in [0.25, 0.3) is 0 Å². The first-order valence-corrected chi connectivity index (χ1v) is 7.79. The van der Waals surface area contributed by atoms with E-state index in [0.29, 0.717) is 6.54 Å². The molecule has 0 heterocycles. The van der Waals surface area contributed by atoms with Crippen LogP contribution < -0.4 is 10.1 Å². The van der Waals surface area contributed by atoms with Crippen molar-refractivity contribution in [2.24, 2.45) is 0 Å². The van der Waals surface area contributed by atoms with Gasteiger partial charge in [-0.25, -0.2) is 12.8 Å². The molecule has 0 atom stereocenters. The number of carbonyl (C=O) groups is 1. The zero-order valence-electron chi connectivity index (χ0n) is 10.2. The number of halogens is 2. The molecule has 0 aliphatic carbocycles. The smallest absolute Gasteiger partial charge is 0.265 e. The number of nitrogens with one attached hydrogen (secondary N) is 1. The van der Waals surface area contributed by atoms with Crippen molar-refractivity contribution in [3.05, 3.63) is 24.0 Å². The molecule has 0 fully saturated rings. The van der Waals surface area contributed by atoms with Crippen molar-refractivity contribution in [3.8, 4) is 5.75 Å². The van der Waals surface area contributed by atoms with Crippen molar-refractivity contribution in [2.75, 3.05) is 13.2 Å². The van der Waals surface area contributed by atoms with Crippen molar-refractivity contribution in [2.45, 2.75) is 18.2 Å². The largest absolute Gasteiger partial charge is 0.492 e. The van der Waals surface area contributed by atoms with Crippen LogP contribution in [0.4, 0.5) is 4.39 Å². The molecule has 1 aromatic carbocycles. The second kappa shape index (κ2) is 6.72. The molecule has 0 aliphatic heterocycles. The summed E-state index contributed by atoms with van der Waals surface area (Å²) in [7, 11) is 1.06. The molecule has 106 valence electrons. The Labute approximate surface area is 115 Å². The average molecular weight is 310 g/mol. The van der Waals surface area contributed by atoms with Gasteiger partial charge in [0.2, 0.25) is 5.91 Å². The summed E-state index contributed by atoms with van der Waals surface area (Å²) in [6.45, 7) is 2.24. The Bertz CT molecular complexity index is 562. The van der Waals surface area contributed by atoms with Gasteiger partial charge in [-0.2, -0.15) is 0 Å². The molecule has 1 N–H and O–H groups in total. The number of rotatable bonds is 6. The van der Waals surface area contributed by atoms with Gasteiger partial charge >= 0.3 is 0 Å². The standard InChI is InChI=1S/C11H13ClFNO4S/c1-2-14-11(15)5-6-18-9-4-3-8(13)7-10(9)19(12,16)17/h3-4,7H,2,5-6H2,1H3,(H,14,15). The van der Waals surface area contributed by atoms with E-state index in [-0.39, 0.29) is 24.7 Å². The number of benzene rings is 1. The summed E-state index contributed by atoms with van der Waals surface area (Å²) in [5.41, 5.74) is 0. The Morgan fingerprint density at radius 3 is 2.74 bits per heavy atom. The molecule has 0 radical (unpaired) electrons. The van der Waals surface area contributed by atoms with E-state index >= 15 is 0 Å². The van der Waals surface area contributed by atoms with Gasteiger partial charge in [0.25, 0.3) is 9.05 Å². The fraction of sp³-hybridized carbons (Fsp3) is 0.364. The second-order valence-corrected chi connectivity index (χ2v) is 6.12. The van der Waals surface area contributed by atoms with Crippen LogP contribution in [0.15, 0.2) is 23.1 Å². The molecule has 0 saturated heterocycles. The monoisotopic (exact) mass is 309 g/mol. The third kappa shape index (κ3) is 5.04. The lowest BCUT2D eigenvalue weighted by Gasteiger charge is -2.09. The van der Waals surface area contributed by atoms with Crippen LogP contribution in [-0.4, -0.2) is 27.5 Å². The van der Waals surface area contributed by atoms with Crippen molar-refractivity contribution in [1.82, 2.24) is 5.32 Å². The van der Waals surface area contributed by atoms with Gasteiger partial charge in [0, 0.05) is 17.2 Å². The predicted octanol–water partition coefficient (Wildman–Crippen LogP) is 1.66. The first-order chi connectivity index (χ1) is 8.84. The minimum atomic E-state index is -4.11. The summed E-state index contributed by atoms with van der Waals surface area (Å²) in [6, 6.07) is 2.97. The van der Waals surface area contributed by atoms with Crippen LogP contribution >= 0.6 is 10.7 Å². The molecular formula is C11H13ClFNO4S. The fourth-order valence-corrected chi connectivity index (χ4v) is 2.31. The topological polar surface area (TPSA) is 72.5 Å². The lowest BCUT2D eigenvalue weighted by Crippen LogP contribution is -2.24. The van der Waals surface area contributed by atoms with Gasteiger partial charge in [-0.3, -0.25) is 4.79 Å². The maximum absolute atomic E-state index is 13.0. The normalized spacial score (nSPS) is 11.1. The van der Waals surface area contributed by atoms with E-state index in [1.807, 2.05) is 0 Å². The molecule has 0 aromatic heterocycles. The Kier molecular flexibility index (Phi) is 5.56. The van der Waals surface area contributed by atoms with Crippen LogP contribution in [0, 0.1) is 5.82 Å². The van der Waals surface area contributed by atoms with Crippen LogP contribution in [0.2, 0.25) is 0 Å². The van der Waals surface area contributed by atoms with E-state index < -0.39 is 19.8 Å². The van der Waals surface area contributed by atoms with E-state index in [2.05, 4.69) is 5.32 Å². The summed E-state index contributed by atoms with van der Waals surface area (Å²) in [4.78, 5) is 10.7. The number of carbonyl (C=O) groups excluding carboxylic acids is 1. The van der Waals surface area contributed by atoms with Gasteiger partial charge in [0.1, 0.15) is 16.5 Å². The molecule has 5 nitrogen and oxygen atoms in total. The van der Waals surface area contributed by atoms with E-state index in [1.165, 1.54) is 0 Å². The lowest BCUT2D eigenvalue weighted by molar-refractivity contribution is -0.121. The minimum Gasteiger partial charge on any atom is -0.492 e. The van der Waals surface area contributed by atoms with E-state index in [0.717, 1.165) is 18.2 Å². The summed E-state index contributed by atoms with van der Waals surface area (Å²) < 4.78 is 40.6. The molecule has 1 rings (SSSR count). The zero-order chi connectivity index (χ0) is 14.5. The number of hydrogen-bond donors (Lipinski definition) is 1. The van der Waals surface area contributed by atoms with E-state index in [9.17, 15) is 17.6 Å². The van der Waals surface area contributed by atoms with Gasteiger partial charge in [-0.1, -0.05) is 0 Å². The van der Waals surface area contributed by atoms with Gasteiger partial charge in [-0.15, -0.1) is 0 Å². The van der Waals surface area contributed by atoms with Crippen molar-refractivity contribution in [3.63, 3.8) is 0 Å². The Hall–Kier alpha value is -1.34. The van der Waals surface area contributed by atoms with Gasteiger partial charge < -0.3 is 10.1 Å². The van der Waals surface area contributed by atoms with Gasteiger partial charge in [0.15, 0.2) is 0 Å². The number of amides is 1. The lowest BCUT2D eigenvalue weighted by atomic mass is 10.3. The fourth-order valence-electron chi connectivity index (χ4n) is 1.33. The zero-order valence-corrected chi connectivity index (χ0v) is 11.7. The third-order valence-electron chi connectivity index (χ3n) is 2.13. The Morgan fingerprint density at radius 1 is 1.47 bits per heavy atom. The highest BCUT2D eigenvalue weighted by atomic mass is 35.7. The van der Waals surface area contributed by atoms with Crippen LogP contribution in [0.3, 0.4) is 0 Å². The summed E-state index contributed by atoms with van der Waals surface area (Å²) in [6.07, 6.45) is 0.0625. The molecule has 0 unspecified atom stereocenters. The molecule has 0 aliphatic rings. The van der Waals surface area contributed by atoms with E-state index in [4.69, 9.17) is 15.4 Å². The highest BCUT2D eigenvalue weighted by Gasteiger charge is 2.18. The van der Waals surface area contributed by atoms with Crippen molar-refractivity contribution in [1.29, 1.82) is 0 Å². The minimum absolute atomic E-state index is 0.0309. The average Bonchev–Trinajstić information content (AvgIpc) is 2.30. The quantitative estimate of drug-likeness (QED) is 0.811. The van der Waals surface area contributed by atoms with Crippen LogP contribution in [0.5, 0.6) is 5.75 Å². The molecular weight excluding hydrogens is 297 g/mol. The molecule has 0 spiro atoms. The van der Waals surface area contributed by atoms with Gasteiger partial charge in [0.05, 0.1) is 13.0 Å². The summed E-state index contributed by atoms with van der Waals surface area (Å²) >= 11 is 0. The number of hydrogen-bond acceptors (Lipinski definition) is 4. The molecule has 0 bridgehead atoms.